The average Bonchev–Trinajstić information content (AvgIpc) is 2.23. The van der Waals surface area contributed by atoms with Crippen molar-refractivity contribution in [3.63, 3.8) is 0 Å². The molecular formula is C13H28N4. The number of hydrogen-bond donors (Lipinski definition) is 2. The molecule has 4 nitrogen and oxygen atoms in total. The molecule has 0 aliphatic carbocycles. The SMILES string of the molecule is CC1CN(CCCC(C)(C)C(=N)N)CCN1C. The maximum Gasteiger partial charge on any atom is 0.0963 e. The van der Waals surface area contributed by atoms with E-state index in [4.69, 9.17) is 11.1 Å². The van der Waals surface area contributed by atoms with Gasteiger partial charge in [-0.25, -0.2) is 0 Å². The van der Waals surface area contributed by atoms with Crippen LogP contribution in [0, 0.1) is 10.8 Å². The molecule has 1 atom stereocenters. The Hall–Kier alpha value is -0.610. The number of nitrogens with zero attached hydrogens (tertiary/aromatic N) is 2. The normalized spacial score (nSPS) is 23.9. The van der Waals surface area contributed by atoms with E-state index in [9.17, 15) is 0 Å². The third-order valence-electron chi connectivity index (χ3n) is 4.05. The number of likely N-dealkylation sites (N-methyl/N-ethyl adjacent to an activating group) is 1. The minimum absolute atomic E-state index is 0.141. The second-order valence-electron chi connectivity index (χ2n) is 6.03. The van der Waals surface area contributed by atoms with Crippen LogP contribution in [0.4, 0.5) is 0 Å². The van der Waals surface area contributed by atoms with E-state index < -0.39 is 0 Å². The first-order valence-corrected chi connectivity index (χ1v) is 6.60. The van der Waals surface area contributed by atoms with Crippen molar-refractivity contribution in [2.45, 2.75) is 39.7 Å². The van der Waals surface area contributed by atoms with Gasteiger partial charge in [0.2, 0.25) is 0 Å². The van der Waals surface area contributed by atoms with Crippen LogP contribution >= 0.6 is 0 Å². The number of amidine groups is 1. The standard InChI is InChI=1S/C13H28N4/c1-11-10-17(9-8-16(11)4)7-5-6-13(2,3)12(14)15/h11H,5-10H2,1-4H3,(H3,14,15). The third-order valence-corrected chi connectivity index (χ3v) is 4.05. The van der Waals surface area contributed by atoms with Crippen LogP contribution in [0.3, 0.4) is 0 Å². The lowest BCUT2D eigenvalue weighted by molar-refractivity contribution is 0.102. The predicted molar refractivity (Wildman–Crippen MR) is 73.5 cm³/mol. The Morgan fingerprint density at radius 2 is 2.06 bits per heavy atom. The van der Waals surface area contributed by atoms with Gasteiger partial charge in [0.05, 0.1) is 5.84 Å². The van der Waals surface area contributed by atoms with Crippen LogP contribution in [0.5, 0.6) is 0 Å². The molecule has 1 heterocycles. The summed E-state index contributed by atoms with van der Waals surface area (Å²) in [6.45, 7) is 11.0. The Balaban J connectivity index is 2.26. The number of hydrogen-bond acceptors (Lipinski definition) is 3. The van der Waals surface area contributed by atoms with Gasteiger partial charge < -0.3 is 15.5 Å². The summed E-state index contributed by atoms with van der Waals surface area (Å²) in [6.07, 6.45) is 2.13. The van der Waals surface area contributed by atoms with Crippen molar-refractivity contribution in [2.24, 2.45) is 11.1 Å². The van der Waals surface area contributed by atoms with Crippen molar-refractivity contribution in [2.75, 3.05) is 33.2 Å². The van der Waals surface area contributed by atoms with E-state index >= 15 is 0 Å². The molecule has 0 aromatic heterocycles. The molecule has 4 heteroatoms. The van der Waals surface area contributed by atoms with E-state index in [0.717, 1.165) is 32.5 Å². The summed E-state index contributed by atoms with van der Waals surface area (Å²) in [5.41, 5.74) is 5.45. The molecule has 1 fully saturated rings. The number of nitrogens with two attached hydrogens (primary N) is 1. The van der Waals surface area contributed by atoms with Gasteiger partial charge in [-0.3, -0.25) is 5.41 Å². The summed E-state index contributed by atoms with van der Waals surface area (Å²) in [5, 5.41) is 7.54. The quantitative estimate of drug-likeness (QED) is 0.563. The van der Waals surface area contributed by atoms with Crippen LogP contribution in [-0.2, 0) is 0 Å². The molecule has 0 aromatic carbocycles. The van der Waals surface area contributed by atoms with E-state index in [1.54, 1.807) is 0 Å². The van der Waals surface area contributed by atoms with E-state index in [0.29, 0.717) is 11.9 Å². The maximum absolute atomic E-state index is 7.54. The van der Waals surface area contributed by atoms with Gasteiger partial charge in [0, 0.05) is 31.1 Å². The van der Waals surface area contributed by atoms with Crippen LogP contribution in [0.2, 0.25) is 0 Å². The molecule has 1 aliphatic rings. The summed E-state index contributed by atoms with van der Waals surface area (Å²) in [7, 11) is 2.20. The first-order valence-electron chi connectivity index (χ1n) is 6.60. The summed E-state index contributed by atoms with van der Waals surface area (Å²) in [6, 6.07) is 0.657. The first kappa shape index (κ1) is 14.5. The molecule has 17 heavy (non-hydrogen) atoms. The van der Waals surface area contributed by atoms with Gasteiger partial charge in [-0.2, -0.15) is 0 Å². The van der Waals surface area contributed by atoms with Crippen LogP contribution in [0.15, 0.2) is 0 Å². The minimum atomic E-state index is -0.141. The van der Waals surface area contributed by atoms with E-state index in [-0.39, 0.29) is 5.41 Å². The van der Waals surface area contributed by atoms with Gasteiger partial charge >= 0.3 is 0 Å². The summed E-state index contributed by atoms with van der Waals surface area (Å²) in [5.74, 6) is 0.309. The molecule has 100 valence electrons. The largest absolute Gasteiger partial charge is 0.387 e. The highest BCUT2D eigenvalue weighted by molar-refractivity contribution is 5.82. The molecule has 1 aliphatic heterocycles. The zero-order valence-corrected chi connectivity index (χ0v) is 11.8. The predicted octanol–water partition coefficient (Wildman–Crippen LogP) is 1.36. The highest BCUT2D eigenvalue weighted by atomic mass is 15.3. The summed E-state index contributed by atoms with van der Waals surface area (Å²) < 4.78 is 0. The maximum atomic E-state index is 7.54. The van der Waals surface area contributed by atoms with Crippen LogP contribution in [0.1, 0.15) is 33.6 Å². The Kier molecular flexibility index (Phi) is 4.95. The van der Waals surface area contributed by atoms with Crippen molar-refractivity contribution in [3.8, 4) is 0 Å². The minimum Gasteiger partial charge on any atom is -0.387 e. The van der Waals surface area contributed by atoms with Crippen LogP contribution in [0.25, 0.3) is 0 Å². The summed E-state index contributed by atoms with van der Waals surface area (Å²) in [4.78, 5) is 4.94. The zero-order valence-electron chi connectivity index (χ0n) is 11.8. The van der Waals surface area contributed by atoms with Gasteiger partial charge in [-0.15, -0.1) is 0 Å². The Labute approximate surface area is 106 Å². The number of piperazine rings is 1. The van der Waals surface area contributed by atoms with Crippen molar-refractivity contribution in [1.82, 2.24) is 9.80 Å². The smallest absolute Gasteiger partial charge is 0.0963 e. The molecule has 1 unspecified atom stereocenters. The second kappa shape index (κ2) is 5.83. The second-order valence-corrected chi connectivity index (χ2v) is 6.03. The fourth-order valence-electron chi connectivity index (χ4n) is 2.21. The average molecular weight is 240 g/mol. The number of nitrogens with one attached hydrogen (secondary N) is 1. The molecule has 0 saturated carbocycles. The molecule has 1 saturated heterocycles. The molecule has 0 aromatic rings. The van der Waals surface area contributed by atoms with Gasteiger partial charge in [0.25, 0.3) is 0 Å². The van der Waals surface area contributed by atoms with Gasteiger partial charge in [-0.05, 0) is 33.4 Å². The lowest BCUT2D eigenvalue weighted by Gasteiger charge is -2.38. The highest BCUT2D eigenvalue weighted by Gasteiger charge is 2.23. The Bertz CT molecular complexity index is 262. The van der Waals surface area contributed by atoms with Crippen molar-refractivity contribution >= 4 is 5.84 Å². The fourth-order valence-corrected chi connectivity index (χ4v) is 2.21. The van der Waals surface area contributed by atoms with Crippen molar-refractivity contribution < 1.29 is 0 Å². The Morgan fingerprint density at radius 3 is 2.59 bits per heavy atom. The lowest BCUT2D eigenvalue weighted by Crippen LogP contribution is -2.50. The highest BCUT2D eigenvalue weighted by Crippen LogP contribution is 2.22. The molecule has 3 N–H and O–H groups in total. The molecule has 0 bridgehead atoms. The van der Waals surface area contributed by atoms with E-state index in [2.05, 4.69) is 37.6 Å². The molecule has 1 rings (SSSR count). The molecule has 0 amide bonds. The van der Waals surface area contributed by atoms with Crippen molar-refractivity contribution in [3.05, 3.63) is 0 Å². The zero-order chi connectivity index (χ0) is 13.1. The third kappa shape index (κ3) is 4.28. The number of rotatable bonds is 5. The first-order chi connectivity index (χ1) is 7.83. The Morgan fingerprint density at radius 1 is 1.41 bits per heavy atom. The lowest BCUT2D eigenvalue weighted by atomic mass is 9.86. The van der Waals surface area contributed by atoms with E-state index in [1.807, 2.05) is 0 Å². The fraction of sp³-hybridized carbons (Fsp3) is 0.923. The van der Waals surface area contributed by atoms with Crippen LogP contribution in [-0.4, -0.2) is 54.9 Å². The van der Waals surface area contributed by atoms with Crippen LogP contribution < -0.4 is 5.73 Å². The topological polar surface area (TPSA) is 56.4 Å². The van der Waals surface area contributed by atoms with E-state index in [1.165, 1.54) is 6.54 Å². The summed E-state index contributed by atoms with van der Waals surface area (Å²) >= 11 is 0. The monoisotopic (exact) mass is 240 g/mol. The molecular weight excluding hydrogens is 212 g/mol. The van der Waals surface area contributed by atoms with Gasteiger partial charge in [0.1, 0.15) is 0 Å². The molecule has 0 spiro atoms. The van der Waals surface area contributed by atoms with Gasteiger partial charge in [0.15, 0.2) is 0 Å². The van der Waals surface area contributed by atoms with Crippen molar-refractivity contribution in [1.29, 1.82) is 5.41 Å². The van der Waals surface area contributed by atoms with Gasteiger partial charge in [-0.1, -0.05) is 13.8 Å². The molecule has 0 radical (unpaired) electrons.